The third-order valence-corrected chi connectivity index (χ3v) is 4.76. The molecule has 0 radical (unpaired) electrons. The lowest BCUT2D eigenvalue weighted by Crippen LogP contribution is -2.48. The second-order valence-corrected chi connectivity index (χ2v) is 6.93. The number of aliphatic imine (C=N–C) groups is 1. The molecule has 1 aliphatic heterocycles. The van der Waals surface area contributed by atoms with Gasteiger partial charge in [0.1, 0.15) is 18.1 Å². The summed E-state index contributed by atoms with van der Waals surface area (Å²) in [6, 6.07) is 9.88. The van der Waals surface area contributed by atoms with Crippen molar-refractivity contribution in [3.8, 4) is 11.5 Å². The second-order valence-electron chi connectivity index (χ2n) is 6.93. The highest BCUT2D eigenvalue weighted by Crippen LogP contribution is 2.22. The maximum absolute atomic E-state index is 5.95. The van der Waals surface area contributed by atoms with E-state index in [0.717, 1.165) is 42.4 Å². The molecule has 0 saturated carbocycles. The van der Waals surface area contributed by atoms with Gasteiger partial charge in [-0.2, -0.15) is 5.10 Å². The van der Waals surface area contributed by atoms with Gasteiger partial charge in [0.15, 0.2) is 5.96 Å². The SMILES string of the molecule is CCNC(=NCc1coc(-c2ccccc2)n1)N1CCOC(c2cnn(C)c2)C1.I. The average Bonchev–Trinajstić information content (AvgIpc) is 3.41. The lowest BCUT2D eigenvalue weighted by Gasteiger charge is -2.34. The van der Waals surface area contributed by atoms with Crippen LogP contribution in [0.2, 0.25) is 0 Å². The molecule has 3 aromatic rings. The molecule has 9 heteroatoms. The van der Waals surface area contributed by atoms with Crippen molar-refractivity contribution in [2.24, 2.45) is 12.0 Å². The normalized spacial score (nSPS) is 16.9. The summed E-state index contributed by atoms with van der Waals surface area (Å²) in [5, 5.41) is 7.63. The maximum Gasteiger partial charge on any atom is 0.226 e. The molecule has 0 amide bonds. The van der Waals surface area contributed by atoms with E-state index in [1.54, 1.807) is 10.9 Å². The number of morpholine rings is 1. The molecule has 1 aliphatic rings. The first-order chi connectivity index (χ1) is 14.2. The minimum Gasteiger partial charge on any atom is -0.444 e. The predicted octanol–water partition coefficient (Wildman–Crippen LogP) is 3.23. The molecule has 1 aromatic carbocycles. The first kappa shape index (κ1) is 22.3. The Morgan fingerprint density at radius 2 is 2.13 bits per heavy atom. The Bertz CT molecular complexity index is 955. The second kappa shape index (κ2) is 10.6. The van der Waals surface area contributed by atoms with Crippen LogP contribution in [0, 0.1) is 0 Å². The van der Waals surface area contributed by atoms with Gasteiger partial charge < -0.3 is 19.4 Å². The number of hydrogen-bond acceptors (Lipinski definition) is 5. The highest BCUT2D eigenvalue weighted by Gasteiger charge is 2.25. The summed E-state index contributed by atoms with van der Waals surface area (Å²) in [6.07, 6.45) is 5.52. The van der Waals surface area contributed by atoms with Crippen LogP contribution in [0.3, 0.4) is 0 Å². The quantitative estimate of drug-likeness (QED) is 0.315. The Morgan fingerprint density at radius 3 is 2.87 bits per heavy atom. The fourth-order valence-electron chi connectivity index (χ4n) is 3.32. The molecule has 1 saturated heterocycles. The van der Waals surface area contributed by atoms with Crippen molar-refractivity contribution < 1.29 is 9.15 Å². The number of benzene rings is 1. The molecule has 1 atom stereocenters. The molecule has 30 heavy (non-hydrogen) atoms. The monoisotopic (exact) mass is 522 g/mol. The number of rotatable bonds is 5. The van der Waals surface area contributed by atoms with Gasteiger partial charge >= 0.3 is 0 Å². The summed E-state index contributed by atoms with van der Waals surface area (Å²) in [5.74, 6) is 1.47. The van der Waals surface area contributed by atoms with Crippen LogP contribution in [0.4, 0.5) is 0 Å². The van der Waals surface area contributed by atoms with Crippen LogP contribution in [0.5, 0.6) is 0 Å². The zero-order valence-electron chi connectivity index (χ0n) is 17.2. The highest BCUT2D eigenvalue weighted by atomic mass is 127. The van der Waals surface area contributed by atoms with Crippen molar-refractivity contribution >= 4 is 29.9 Å². The summed E-state index contributed by atoms with van der Waals surface area (Å²) >= 11 is 0. The topological polar surface area (TPSA) is 80.7 Å². The van der Waals surface area contributed by atoms with Crippen molar-refractivity contribution in [2.45, 2.75) is 19.6 Å². The molecular formula is C21H27IN6O2. The van der Waals surface area contributed by atoms with Crippen LogP contribution in [0.15, 0.2) is 58.4 Å². The largest absolute Gasteiger partial charge is 0.444 e. The summed E-state index contributed by atoms with van der Waals surface area (Å²) in [5.41, 5.74) is 2.84. The molecule has 160 valence electrons. The van der Waals surface area contributed by atoms with Crippen LogP contribution in [0.25, 0.3) is 11.5 Å². The Morgan fingerprint density at radius 1 is 1.30 bits per heavy atom. The molecule has 2 aromatic heterocycles. The number of aromatic nitrogens is 3. The highest BCUT2D eigenvalue weighted by molar-refractivity contribution is 14.0. The number of nitrogens with one attached hydrogen (secondary N) is 1. The number of aryl methyl sites for hydroxylation is 1. The number of oxazole rings is 1. The van der Waals surface area contributed by atoms with E-state index in [2.05, 4.69) is 27.2 Å². The zero-order valence-corrected chi connectivity index (χ0v) is 19.5. The fourth-order valence-corrected chi connectivity index (χ4v) is 3.32. The number of nitrogens with zero attached hydrogens (tertiary/aromatic N) is 5. The van der Waals surface area contributed by atoms with Crippen LogP contribution in [-0.4, -0.2) is 51.9 Å². The molecule has 1 N–H and O–H groups in total. The zero-order chi connectivity index (χ0) is 20.1. The van der Waals surface area contributed by atoms with Crippen LogP contribution in [-0.2, 0) is 18.3 Å². The van der Waals surface area contributed by atoms with E-state index >= 15 is 0 Å². The van der Waals surface area contributed by atoms with Crippen molar-refractivity contribution in [3.63, 3.8) is 0 Å². The first-order valence-electron chi connectivity index (χ1n) is 9.86. The molecule has 4 rings (SSSR count). The smallest absolute Gasteiger partial charge is 0.226 e. The molecule has 3 heterocycles. The Balaban J connectivity index is 0.00000256. The van der Waals surface area contributed by atoms with Gasteiger partial charge in [-0.05, 0) is 19.1 Å². The van der Waals surface area contributed by atoms with Gasteiger partial charge in [-0.25, -0.2) is 9.98 Å². The van der Waals surface area contributed by atoms with E-state index in [1.807, 2.05) is 49.8 Å². The predicted molar refractivity (Wildman–Crippen MR) is 126 cm³/mol. The molecule has 1 unspecified atom stereocenters. The third kappa shape index (κ3) is 5.39. The molecule has 0 spiro atoms. The lowest BCUT2D eigenvalue weighted by atomic mass is 10.1. The van der Waals surface area contributed by atoms with Gasteiger partial charge in [-0.3, -0.25) is 4.68 Å². The van der Waals surface area contributed by atoms with Crippen molar-refractivity contribution in [1.82, 2.24) is 25.0 Å². The first-order valence-corrected chi connectivity index (χ1v) is 9.86. The van der Waals surface area contributed by atoms with Crippen LogP contribution >= 0.6 is 24.0 Å². The fraction of sp³-hybridized carbons (Fsp3) is 0.381. The van der Waals surface area contributed by atoms with E-state index < -0.39 is 0 Å². The summed E-state index contributed by atoms with van der Waals surface area (Å²) < 4.78 is 13.4. The van der Waals surface area contributed by atoms with E-state index in [9.17, 15) is 0 Å². The summed E-state index contributed by atoms with van der Waals surface area (Å²) in [6.45, 7) is 5.47. The van der Waals surface area contributed by atoms with Gasteiger partial charge in [0.25, 0.3) is 0 Å². The maximum atomic E-state index is 5.95. The van der Waals surface area contributed by atoms with Crippen LogP contribution < -0.4 is 5.32 Å². The van der Waals surface area contributed by atoms with Gasteiger partial charge in [0, 0.05) is 37.5 Å². The molecule has 1 fully saturated rings. The van der Waals surface area contributed by atoms with Crippen molar-refractivity contribution in [3.05, 3.63) is 60.2 Å². The number of guanidine groups is 1. The Hall–Kier alpha value is -2.40. The minimum atomic E-state index is -0.0157. The minimum absolute atomic E-state index is 0. The molecule has 8 nitrogen and oxygen atoms in total. The summed E-state index contributed by atoms with van der Waals surface area (Å²) in [4.78, 5) is 11.6. The van der Waals surface area contributed by atoms with Gasteiger partial charge in [0.2, 0.25) is 5.89 Å². The lowest BCUT2D eigenvalue weighted by molar-refractivity contribution is -0.00805. The Kier molecular flexibility index (Phi) is 7.86. The van der Waals surface area contributed by atoms with Crippen molar-refractivity contribution in [2.75, 3.05) is 26.2 Å². The number of halogens is 1. The average molecular weight is 522 g/mol. The van der Waals surface area contributed by atoms with Gasteiger partial charge in [-0.1, -0.05) is 18.2 Å². The van der Waals surface area contributed by atoms with Crippen LogP contribution in [0.1, 0.15) is 24.3 Å². The van der Waals surface area contributed by atoms with E-state index in [4.69, 9.17) is 14.1 Å². The van der Waals surface area contributed by atoms with E-state index in [0.29, 0.717) is 19.0 Å². The van der Waals surface area contributed by atoms with E-state index in [-0.39, 0.29) is 30.1 Å². The van der Waals surface area contributed by atoms with Gasteiger partial charge in [-0.15, -0.1) is 24.0 Å². The Labute approximate surface area is 193 Å². The summed E-state index contributed by atoms with van der Waals surface area (Å²) in [7, 11) is 1.91. The van der Waals surface area contributed by atoms with Crippen molar-refractivity contribution in [1.29, 1.82) is 0 Å². The molecule has 0 bridgehead atoms. The molecular weight excluding hydrogens is 495 g/mol. The van der Waals surface area contributed by atoms with E-state index in [1.165, 1.54) is 0 Å². The third-order valence-electron chi connectivity index (χ3n) is 4.76. The number of hydrogen-bond donors (Lipinski definition) is 1. The standard InChI is InChI=1S/C21H26N6O2.HI/c1-3-22-21(27-9-10-28-19(14-27)17-11-24-26(2)13-17)23-12-18-15-29-20(25-18)16-7-5-4-6-8-16;/h4-8,11,13,15,19H,3,9-10,12,14H2,1-2H3,(H,22,23);1H. The number of ether oxygens (including phenoxy) is 1. The molecule has 0 aliphatic carbocycles. The van der Waals surface area contributed by atoms with Gasteiger partial charge in [0.05, 0.1) is 25.9 Å².